The van der Waals surface area contributed by atoms with E-state index >= 15 is 0 Å². The van der Waals surface area contributed by atoms with Gasteiger partial charge in [0.25, 0.3) is 0 Å². The summed E-state index contributed by atoms with van der Waals surface area (Å²) in [5.74, 6) is -0.157. The number of likely N-dealkylation sites (N-methyl/N-ethyl adjacent to an activating group) is 1. The molecule has 3 atom stereocenters. The van der Waals surface area contributed by atoms with Crippen LogP contribution >= 0.6 is 11.8 Å². The summed E-state index contributed by atoms with van der Waals surface area (Å²) in [6.45, 7) is 7.21. The third-order valence-corrected chi connectivity index (χ3v) is 8.90. The summed E-state index contributed by atoms with van der Waals surface area (Å²) in [5.41, 5.74) is 0.924. The Morgan fingerprint density at radius 1 is 1.09 bits per heavy atom. The maximum Gasteiger partial charge on any atom is 0.341 e. The highest BCUT2D eigenvalue weighted by molar-refractivity contribution is 8.01. The minimum atomic E-state index is -1.26. The summed E-state index contributed by atoms with van der Waals surface area (Å²) in [6, 6.07) is 17.6. The van der Waals surface area contributed by atoms with E-state index in [1.165, 1.54) is 11.8 Å². The van der Waals surface area contributed by atoms with Crippen LogP contribution < -0.4 is 0 Å². The van der Waals surface area contributed by atoms with Crippen molar-refractivity contribution in [1.82, 2.24) is 9.80 Å². The van der Waals surface area contributed by atoms with Crippen molar-refractivity contribution in [3.63, 3.8) is 0 Å². The van der Waals surface area contributed by atoms with Gasteiger partial charge in [-0.3, -0.25) is 4.90 Å². The number of carbonyl (C=O) groups excluding carboxylic acids is 2. The van der Waals surface area contributed by atoms with Crippen LogP contribution in [0.5, 0.6) is 0 Å². The molecular weight excluding hydrogens is 460 g/mol. The molecule has 2 aromatic carbocycles. The van der Waals surface area contributed by atoms with Crippen molar-refractivity contribution >= 4 is 24.0 Å². The molecule has 2 aromatic rings. The molecule has 0 saturated carbocycles. The van der Waals surface area contributed by atoms with Crippen LogP contribution in [0, 0.1) is 0 Å². The zero-order chi connectivity index (χ0) is 25.1. The van der Waals surface area contributed by atoms with Crippen molar-refractivity contribution < 1.29 is 19.4 Å². The number of ether oxygens (including phenoxy) is 1. The van der Waals surface area contributed by atoms with Gasteiger partial charge < -0.3 is 19.5 Å². The quantitative estimate of drug-likeness (QED) is 0.437. The number of aliphatic hydroxyl groups is 1. The van der Waals surface area contributed by atoms with E-state index in [-0.39, 0.29) is 18.8 Å². The number of cyclic esters (lactones) is 1. The second-order valence-electron chi connectivity index (χ2n) is 9.96. The van der Waals surface area contributed by atoms with Crippen molar-refractivity contribution in [2.75, 3.05) is 33.2 Å². The first-order chi connectivity index (χ1) is 16.8. The molecule has 2 fully saturated rings. The molecule has 2 aliphatic rings. The highest BCUT2D eigenvalue weighted by Crippen LogP contribution is 2.51. The fraction of sp³-hybridized carbons (Fsp3) is 0.500. The van der Waals surface area contributed by atoms with Crippen molar-refractivity contribution in [3.05, 3.63) is 65.7 Å². The van der Waals surface area contributed by atoms with Crippen LogP contribution in [0.25, 0.3) is 0 Å². The molecular formula is C28H36N2O4S. The normalized spacial score (nSPS) is 28.1. The van der Waals surface area contributed by atoms with Gasteiger partial charge in [0.1, 0.15) is 11.9 Å². The zero-order valence-electron chi connectivity index (χ0n) is 20.9. The Bertz CT molecular complexity index is 1020. The molecule has 1 N–H and O–H groups in total. The molecule has 6 nitrogen and oxygen atoms in total. The van der Waals surface area contributed by atoms with E-state index in [1.54, 1.807) is 0 Å². The number of aliphatic hydroxyl groups excluding tert-OH is 1. The Balaban J connectivity index is 1.77. The van der Waals surface area contributed by atoms with E-state index in [0.717, 1.165) is 35.4 Å². The highest BCUT2D eigenvalue weighted by Gasteiger charge is 2.61. The standard InChI is InChI=1S/C28H36N2O4S/c1-21(2)23-12-7-8-13-24(23)35-28(30-17-15-29(3)16-18-30)25(32)20-27(14-9-19-31,34-26(28)33)22-10-5-4-6-11-22/h4-8,10-13,19,21,25,32H,9,14-18,20H2,1-3H3. The molecule has 0 aliphatic carbocycles. The first kappa shape index (κ1) is 25.9. The monoisotopic (exact) mass is 496 g/mol. The molecule has 188 valence electrons. The van der Waals surface area contributed by atoms with Gasteiger partial charge in [0.05, 0.1) is 6.10 Å². The summed E-state index contributed by atoms with van der Waals surface area (Å²) in [7, 11) is 2.07. The van der Waals surface area contributed by atoms with Gasteiger partial charge in [0.15, 0.2) is 4.87 Å². The first-order valence-electron chi connectivity index (χ1n) is 12.4. The van der Waals surface area contributed by atoms with Crippen LogP contribution in [-0.2, 0) is 19.9 Å². The Kier molecular flexibility index (Phi) is 8.01. The molecule has 0 radical (unpaired) electrons. The van der Waals surface area contributed by atoms with Gasteiger partial charge in [-0.25, -0.2) is 4.79 Å². The second kappa shape index (κ2) is 10.8. The number of benzene rings is 2. The first-order valence-corrected chi connectivity index (χ1v) is 13.3. The van der Waals surface area contributed by atoms with E-state index in [9.17, 15) is 14.7 Å². The fourth-order valence-corrected chi connectivity index (χ4v) is 6.82. The molecule has 4 rings (SSSR count). The lowest BCUT2D eigenvalue weighted by atomic mass is 9.79. The number of thioether (sulfide) groups is 1. The number of esters is 1. The van der Waals surface area contributed by atoms with Gasteiger partial charge in [-0.05, 0) is 36.6 Å². The summed E-state index contributed by atoms with van der Waals surface area (Å²) in [5, 5.41) is 11.9. The number of hydrogen-bond acceptors (Lipinski definition) is 7. The van der Waals surface area contributed by atoms with Crippen LogP contribution in [0.15, 0.2) is 59.5 Å². The summed E-state index contributed by atoms with van der Waals surface area (Å²) in [4.78, 5) is 29.6. The third-order valence-electron chi connectivity index (χ3n) is 7.30. The molecule has 2 aliphatic heterocycles. The van der Waals surface area contributed by atoms with Crippen LogP contribution in [0.1, 0.15) is 50.2 Å². The van der Waals surface area contributed by atoms with Crippen molar-refractivity contribution in [2.24, 2.45) is 0 Å². The highest BCUT2D eigenvalue weighted by atomic mass is 32.2. The number of aldehydes is 1. The zero-order valence-corrected chi connectivity index (χ0v) is 21.7. The van der Waals surface area contributed by atoms with Crippen LogP contribution in [0.4, 0.5) is 0 Å². The van der Waals surface area contributed by atoms with Gasteiger partial charge in [0.2, 0.25) is 0 Å². The van der Waals surface area contributed by atoms with Crippen LogP contribution in [0.2, 0.25) is 0 Å². The molecule has 2 saturated heterocycles. The van der Waals surface area contributed by atoms with E-state index in [0.29, 0.717) is 19.5 Å². The van der Waals surface area contributed by atoms with E-state index in [4.69, 9.17) is 4.74 Å². The molecule has 0 spiro atoms. The summed E-state index contributed by atoms with van der Waals surface area (Å²) >= 11 is 1.42. The number of rotatable bonds is 8. The van der Waals surface area contributed by atoms with Crippen molar-refractivity contribution in [1.29, 1.82) is 0 Å². The van der Waals surface area contributed by atoms with Gasteiger partial charge in [-0.15, -0.1) is 0 Å². The van der Waals surface area contributed by atoms with Gasteiger partial charge >= 0.3 is 5.97 Å². The maximum atomic E-state index is 14.2. The lowest BCUT2D eigenvalue weighted by Crippen LogP contribution is -2.68. The number of carbonyl (C=O) groups is 2. The molecule has 0 amide bonds. The van der Waals surface area contributed by atoms with Crippen LogP contribution in [0.3, 0.4) is 0 Å². The maximum absolute atomic E-state index is 14.2. The van der Waals surface area contributed by atoms with E-state index in [2.05, 4.69) is 36.8 Å². The molecule has 35 heavy (non-hydrogen) atoms. The van der Waals surface area contributed by atoms with Crippen molar-refractivity contribution in [3.8, 4) is 0 Å². The van der Waals surface area contributed by atoms with Crippen LogP contribution in [-0.4, -0.2) is 71.4 Å². The van der Waals surface area contributed by atoms with E-state index < -0.39 is 22.5 Å². The predicted octanol–water partition coefficient (Wildman–Crippen LogP) is 4.03. The Hall–Kier alpha value is -2.19. The Morgan fingerprint density at radius 3 is 2.37 bits per heavy atom. The smallest absolute Gasteiger partial charge is 0.341 e. The molecule has 2 heterocycles. The molecule has 7 heteroatoms. The average molecular weight is 497 g/mol. The number of nitrogens with zero attached hydrogens (tertiary/aromatic N) is 2. The third kappa shape index (κ3) is 5.05. The second-order valence-corrected chi connectivity index (χ2v) is 11.2. The fourth-order valence-electron chi connectivity index (χ4n) is 5.26. The lowest BCUT2D eigenvalue weighted by molar-refractivity contribution is -0.200. The Labute approximate surface area is 212 Å². The summed E-state index contributed by atoms with van der Waals surface area (Å²) < 4.78 is 6.37. The SMILES string of the molecule is CC(C)c1ccccc1SC1(N2CCN(C)CC2)C(=O)OC(CCC=O)(c2ccccc2)CC1O. The topological polar surface area (TPSA) is 70.1 Å². The minimum absolute atomic E-state index is 0.236. The predicted molar refractivity (Wildman–Crippen MR) is 138 cm³/mol. The molecule has 0 aromatic heterocycles. The lowest BCUT2D eigenvalue weighted by Gasteiger charge is -2.53. The number of piperazine rings is 1. The minimum Gasteiger partial charge on any atom is -0.452 e. The summed E-state index contributed by atoms with van der Waals surface area (Å²) in [6.07, 6.45) is 0.694. The average Bonchev–Trinajstić information content (AvgIpc) is 2.86. The number of hydrogen-bond donors (Lipinski definition) is 1. The molecule has 0 bridgehead atoms. The van der Waals surface area contributed by atoms with Crippen molar-refractivity contribution in [2.45, 2.75) is 60.5 Å². The van der Waals surface area contributed by atoms with Gasteiger partial charge in [-0.1, -0.05) is 74.1 Å². The molecule has 3 unspecified atom stereocenters. The van der Waals surface area contributed by atoms with E-state index in [1.807, 2.05) is 48.5 Å². The largest absolute Gasteiger partial charge is 0.452 e. The van der Waals surface area contributed by atoms with Gasteiger partial charge in [0, 0.05) is 43.9 Å². The van der Waals surface area contributed by atoms with Gasteiger partial charge in [-0.2, -0.15) is 0 Å². The Morgan fingerprint density at radius 2 is 1.74 bits per heavy atom.